The van der Waals surface area contributed by atoms with E-state index in [9.17, 15) is 18.0 Å². The lowest BCUT2D eigenvalue weighted by molar-refractivity contribution is -0.143. The Bertz CT molecular complexity index is 405. The zero-order valence-electron chi connectivity index (χ0n) is 13.1. The summed E-state index contributed by atoms with van der Waals surface area (Å²) in [6, 6.07) is -0.424. The molecule has 2 fully saturated rings. The van der Waals surface area contributed by atoms with Crippen LogP contribution < -0.4 is 5.32 Å². The van der Waals surface area contributed by atoms with Crippen molar-refractivity contribution in [1.29, 1.82) is 0 Å². The summed E-state index contributed by atoms with van der Waals surface area (Å²) in [7, 11) is 0. The number of carbonyl (C=O) groups excluding carboxylic acids is 1. The number of nitrogens with one attached hydrogen (secondary N) is 1. The fraction of sp³-hybridized carbons (Fsp3) is 0.929. The van der Waals surface area contributed by atoms with Crippen LogP contribution in [0.2, 0.25) is 0 Å². The van der Waals surface area contributed by atoms with Crippen LogP contribution in [0.15, 0.2) is 0 Å². The van der Waals surface area contributed by atoms with Gasteiger partial charge in [0, 0.05) is 25.7 Å². The molecule has 2 heterocycles. The molecule has 0 bridgehead atoms. The highest BCUT2D eigenvalue weighted by molar-refractivity contribution is 5.74. The zero-order valence-corrected chi connectivity index (χ0v) is 13.1. The van der Waals surface area contributed by atoms with Gasteiger partial charge in [-0.3, -0.25) is 4.90 Å². The minimum Gasteiger partial charge on any atom is -0.372 e. The van der Waals surface area contributed by atoms with Crippen LogP contribution in [-0.4, -0.2) is 73.0 Å². The molecule has 0 saturated carbocycles. The molecule has 2 aliphatic heterocycles. The quantitative estimate of drug-likeness (QED) is 0.862. The molecule has 2 atom stereocenters. The molecule has 22 heavy (non-hydrogen) atoms. The summed E-state index contributed by atoms with van der Waals surface area (Å²) in [5, 5.41) is 2.85. The standard InChI is InChI=1S/C14H24F3N3O2/c1-3-13(2)9-20(6-7-22-13)12(21)18-11-4-5-19(8-11)10-14(15,16)17/h11H,3-10H2,1-2H3,(H,18,21)/t11-,13-/m0/s1. The first kappa shape index (κ1) is 17.3. The van der Waals surface area contributed by atoms with Crippen molar-refractivity contribution in [1.82, 2.24) is 15.1 Å². The number of halogens is 3. The molecule has 0 aromatic heterocycles. The molecule has 2 rings (SSSR count). The molecule has 1 N–H and O–H groups in total. The number of hydrogen-bond donors (Lipinski definition) is 1. The van der Waals surface area contributed by atoms with Crippen LogP contribution in [-0.2, 0) is 4.74 Å². The van der Waals surface area contributed by atoms with E-state index in [1.54, 1.807) is 4.90 Å². The number of alkyl halides is 3. The maximum Gasteiger partial charge on any atom is 0.401 e. The van der Waals surface area contributed by atoms with E-state index in [-0.39, 0.29) is 24.2 Å². The Morgan fingerprint density at radius 3 is 2.77 bits per heavy atom. The highest BCUT2D eigenvalue weighted by atomic mass is 19.4. The van der Waals surface area contributed by atoms with Crippen LogP contribution in [0.5, 0.6) is 0 Å². The topological polar surface area (TPSA) is 44.8 Å². The van der Waals surface area contributed by atoms with Crippen LogP contribution in [0.25, 0.3) is 0 Å². The van der Waals surface area contributed by atoms with Gasteiger partial charge >= 0.3 is 12.2 Å². The third-order valence-corrected chi connectivity index (χ3v) is 4.38. The first-order valence-corrected chi connectivity index (χ1v) is 7.69. The largest absolute Gasteiger partial charge is 0.401 e. The molecule has 0 radical (unpaired) electrons. The second kappa shape index (κ2) is 6.62. The maximum atomic E-state index is 12.4. The van der Waals surface area contributed by atoms with E-state index in [4.69, 9.17) is 4.74 Å². The van der Waals surface area contributed by atoms with Crippen LogP contribution >= 0.6 is 0 Å². The number of urea groups is 1. The highest BCUT2D eigenvalue weighted by Gasteiger charge is 2.36. The monoisotopic (exact) mass is 323 g/mol. The maximum absolute atomic E-state index is 12.4. The molecule has 0 unspecified atom stereocenters. The lowest BCUT2D eigenvalue weighted by Crippen LogP contribution is -2.56. The smallest absolute Gasteiger partial charge is 0.372 e. The Hall–Kier alpha value is -1.02. The fourth-order valence-corrected chi connectivity index (χ4v) is 2.93. The second-order valence-electron chi connectivity index (χ2n) is 6.36. The van der Waals surface area contributed by atoms with Gasteiger partial charge in [0.2, 0.25) is 0 Å². The first-order chi connectivity index (χ1) is 10.2. The van der Waals surface area contributed by atoms with Crippen molar-refractivity contribution in [3.05, 3.63) is 0 Å². The first-order valence-electron chi connectivity index (χ1n) is 7.69. The number of nitrogens with zero attached hydrogens (tertiary/aromatic N) is 2. The summed E-state index contributed by atoms with van der Waals surface area (Å²) < 4.78 is 42.8. The van der Waals surface area contributed by atoms with Gasteiger partial charge in [0.05, 0.1) is 25.3 Å². The molecular formula is C14H24F3N3O2. The van der Waals surface area contributed by atoms with Gasteiger partial charge < -0.3 is 15.0 Å². The molecule has 0 aromatic rings. The van der Waals surface area contributed by atoms with Crippen molar-refractivity contribution >= 4 is 6.03 Å². The number of likely N-dealkylation sites (tertiary alicyclic amines) is 1. The number of hydrogen-bond acceptors (Lipinski definition) is 3. The van der Waals surface area contributed by atoms with Crippen LogP contribution in [0.4, 0.5) is 18.0 Å². The third-order valence-electron chi connectivity index (χ3n) is 4.38. The van der Waals surface area contributed by atoms with E-state index in [0.717, 1.165) is 6.42 Å². The molecule has 0 aromatic carbocycles. The van der Waals surface area contributed by atoms with E-state index in [2.05, 4.69) is 5.32 Å². The number of carbonyl (C=O) groups is 1. The number of rotatable bonds is 3. The van der Waals surface area contributed by atoms with Crippen molar-refractivity contribution in [2.24, 2.45) is 0 Å². The van der Waals surface area contributed by atoms with Gasteiger partial charge in [-0.2, -0.15) is 13.2 Å². The van der Waals surface area contributed by atoms with E-state index < -0.39 is 12.7 Å². The Morgan fingerprint density at radius 2 is 2.14 bits per heavy atom. The summed E-state index contributed by atoms with van der Waals surface area (Å²) in [5.41, 5.74) is -0.340. The molecular weight excluding hydrogens is 299 g/mol. The van der Waals surface area contributed by atoms with E-state index >= 15 is 0 Å². The Labute approximate surface area is 128 Å². The van der Waals surface area contributed by atoms with Crippen molar-refractivity contribution in [3.8, 4) is 0 Å². The number of amides is 2. The minimum atomic E-state index is -4.19. The summed E-state index contributed by atoms with van der Waals surface area (Å²) >= 11 is 0. The van der Waals surface area contributed by atoms with Gasteiger partial charge in [-0.25, -0.2) is 4.79 Å². The molecule has 0 spiro atoms. The minimum absolute atomic E-state index is 0.207. The Balaban J connectivity index is 1.80. The highest BCUT2D eigenvalue weighted by Crippen LogP contribution is 2.22. The van der Waals surface area contributed by atoms with E-state index in [1.165, 1.54) is 4.90 Å². The third kappa shape index (κ3) is 4.74. The molecule has 5 nitrogen and oxygen atoms in total. The Morgan fingerprint density at radius 1 is 1.41 bits per heavy atom. The summed E-state index contributed by atoms with van der Waals surface area (Å²) in [6.45, 7) is 5.18. The van der Waals surface area contributed by atoms with Crippen molar-refractivity contribution in [2.75, 3.05) is 39.3 Å². The fourth-order valence-electron chi connectivity index (χ4n) is 2.93. The lowest BCUT2D eigenvalue weighted by atomic mass is 10.0. The van der Waals surface area contributed by atoms with E-state index in [0.29, 0.717) is 32.7 Å². The van der Waals surface area contributed by atoms with Gasteiger partial charge in [-0.15, -0.1) is 0 Å². The number of morpholine rings is 1. The molecule has 0 aliphatic carbocycles. The van der Waals surface area contributed by atoms with Crippen LogP contribution in [0, 0.1) is 0 Å². The lowest BCUT2D eigenvalue weighted by Gasteiger charge is -2.40. The average molecular weight is 323 g/mol. The van der Waals surface area contributed by atoms with E-state index in [1.807, 2.05) is 13.8 Å². The molecule has 2 amide bonds. The average Bonchev–Trinajstić information content (AvgIpc) is 2.83. The van der Waals surface area contributed by atoms with Gasteiger partial charge in [-0.05, 0) is 19.8 Å². The molecule has 128 valence electrons. The molecule has 2 aliphatic rings. The van der Waals surface area contributed by atoms with Crippen molar-refractivity contribution in [2.45, 2.75) is 44.5 Å². The second-order valence-corrected chi connectivity index (χ2v) is 6.36. The van der Waals surface area contributed by atoms with Crippen LogP contribution in [0.3, 0.4) is 0 Å². The van der Waals surface area contributed by atoms with Crippen molar-refractivity contribution < 1.29 is 22.7 Å². The summed E-state index contributed by atoms with van der Waals surface area (Å²) in [4.78, 5) is 15.3. The Kier molecular flexibility index (Phi) is 5.21. The normalized spacial score (nSPS) is 30.6. The predicted molar refractivity (Wildman–Crippen MR) is 75.7 cm³/mol. The van der Waals surface area contributed by atoms with Crippen molar-refractivity contribution in [3.63, 3.8) is 0 Å². The molecule has 2 saturated heterocycles. The van der Waals surface area contributed by atoms with Gasteiger partial charge in [0.1, 0.15) is 0 Å². The summed E-state index contributed by atoms with van der Waals surface area (Å²) in [5.74, 6) is 0. The van der Waals surface area contributed by atoms with Gasteiger partial charge in [0.25, 0.3) is 0 Å². The van der Waals surface area contributed by atoms with Gasteiger partial charge in [-0.1, -0.05) is 6.92 Å². The SMILES string of the molecule is CC[C@@]1(C)CN(C(=O)N[C@H]2CCN(CC(F)(F)F)C2)CCO1. The van der Waals surface area contributed by atoms with Crippen LogP contribution in [0.1, 0.15) is 26.7 Å². The van der Waals surface area contributed by atoms with Gasteiger partial charge in [0.15, 0.2) is 0 Å². The summed E-state index contributed by atoms with van der Waals surface area (Å²) in [6.07, 6.45) is -2.83. The molecule has 8 heteroatoms. The number of ether oxygens (including phenoxy) is 1. The predicted octanol–water partition coefficient (Wildman–Crippen LogP) is 1.83. The zero-order chi connectivity index (χ0) is 16.4.